The van der Waals surface area contributed by atoms with Gasteiger partial charge in [0.05, 0.1) is 6.21 Å². The van der Waals surface area contributed by atoms with E-state index in [1.807, 2.05) is 0 Å². The molecule has 0 fully saturated rings. The van der Waals surface area contributed by atoms with Crippen molar-refractivity contribution in [3.63, 3.8) is 0 Å². The average molecular weight is 347 g/mol. The molecule has 0 saturated carbocycles. The summed E-state index contributed by atoms with van der Waals surface area (Å²) in [4.78, 5) is 31.0. The van der Waals surface area contributed by atoms with Crippen molar-refractivity contribution in [2.24, 2.45) is 19.2 Å². The first-order valence-corrected chi connectivity index (χ1v) is 7.63. The number of halogens is 2. The molecule has 120 valence electrons. The molecule has 2 heterocycles. The quantitative estimate of drug-likeness (QED) is 0.455. The molecule has 0 aliphatic heterocycles. The molecule has 0 saturated heterocycles. The predicted octanol–water partition coefficient (Wildman–Crippen LogP) is 0.0738. The number of hydrogen-bond acceptors (Lipinski definition) is 5. The summed E-state index contributed by atoms with van der Waals surface area (Å²) in [6.07, 6.45) is 1.48. The molecule has 0 bridgehead atoms. The van der Waals surface area contributed by atoms with Crippen LogP contribution in [0.1, 0.15) is 5.82 Å². The number of aromatic amines is 1. The normalized spacial score (nSPS) is 11.6. The Morgan fingerprint density at radius 2 is 1.86 bits per heavy atom. The van der Waals surface area contributed by atoms with E-state index in [9.17, 15) is 9.59 Å². The number of alkyl halides is 2. The van der Waals surface area contributed by atoms with Gasteiger partial charge in [-0.2, -0.15) is 5.10 Å². The number of H-pyrrole nitrogens is 1. The Hall–Kier alpha value is -1.80. The largest absolute Gasteiger partial charge is 0.332 e. The van der Waals surface area contributed by atoms with E-state index >= 15 is 0 Å². The third-order valence-corrected chi connectivity index (χ3v) is 3.48. The van der Waals surface area contributed by atoms with Gasteiger partial charge in [0.2, 0.25) is 0 Å². The number of nitrogens with zero attached hydrogens (tertiary/aromatic N) is 5. The summed E-state index contributed by atoms with van der Waals surface area (Å²) in [5, 5.41) is 5.92. The molecular formula is C12H16Cl2N6O2. The predicted molar refractivity (Wildman–Crippen MR) is 87.2 cm³/mol. The van der Waals surface area contributed by atoms with Gasteiger partial charge >= 0.3 is 5.69 Å². The minimum atomic E-state index is -0.432. The van der Waals surface area contributed by atoms with E-state index < -0.39 is 11.2 Å². The van der Waals surface area contributed by atoms with Crippen LogP contribution in [0.5, 0.6) is 0 Å². The monoisotopic (exact) mass is 346 g/mol. The lowest BCUT2D eigenvalue weighted by atomic mass is 10.5. The zero-order valence-corrected chi connectivity index (χ0v) is 13.7. The van der Waals surface area contributed by atoms with Crippen molar-refractivity contribution in [2.45, 2.75) is 0 Å². The van der Waals surface area contributed by atoms with Crippen LogP contribution in [0, 0.1) is 0 Å². The molecule has 2 aromatic heterocycles. The van der Waals surface area contributed by atoms with E-state index in [1.54, 1.807) is 12.1 Å². The Kier molecular flexibility index (Phi) is 5.25. The molecule has 0 aromatic carbocycles. The molecule has 0 unspecified atom stereocenters. The maximum atomic E-state index is 12.0. The van der Waals surface area contributed by atoms with Crippen LogP contribution in [0.2, 0.25) is 0 Å². The topological polar surface area (TPSA) is 88.3 Å². The molecule has 8 nitrogen and oxygen atoms in total. The van der Waals surface area contributed by atoms with Crippen molar-refractivity contribution >= 4 is 40.6 Å². The van der Waals surface area contributed by atoms with Crippen molar-refractivity contribution in [1.82, 2.24) is 24.1 Å². The van der Waals surface area contributed by atoms with Crippen LogP contribution in [0.3, 0.4) is 0 Å². The highest BCUT2D eigenvalue weighted by Crippen LogP contribution is 2.03. The fraction of sp³-hybridized carbons (Fsp3) is 0.500. The van der Waals surface area contributed by atoms with Gasteiger partial charge in [-0.05, 0) is 0 Å². The summed E-state index contributed by atoms with van der Waals surface area (Å²) in [7, 11) is 2.97. The zero-order chi connectivity index (χ0) is 16.3. The molecule has 0 spiro atoms. The van der Waals surface area contributed by atoms with Crippen molar-refractivity contribution in [1.29, 1.82) is 0 Å². The molecule has 0 aliphatic carbocycles. The van der Waals surface area contributed by atoms with Gasteiger partial charge in [0.25, 0.3) is 5.56 Å². The van der Waals surface area contributed by atoms with Crippen molar-refractivity contribution in [2.75, 3.05) is 24.8 Å². The third-order valence-electron chi connectivity index (χ3n) is 3.14. The summed E-state index contributed by atoms with van der Waals surface area (Å²) in [5.74, 6) is 1.22. The minimum Gasteiger partial charge on any atom is -0.331 e. The van der Waals surface area contributed by atoms with Gasteiger partial charge in [-0.15, -0.1) is 23.2 Å². The van der Waals surface area contributed by atoms with Crippen LogP contribution in [0.15, 0.2) is 14.7 Å². The highest BCUT2D eigenvalue weighted by molar-refractivity contribution is 6.18. The fourth-order valence-corrected chi connectivity index (χ4v) is 2.35. The molecule has 2 rings (SSSR count). The number of aryl methyl sites for hydroxylation is 1. The third kappa shape index (κ3) is 3.17. The molecule has 0 atom stereocenters. The molecule has 0 amide bonds. The standard InChI is InChI=1S/C12H16Cl2N6O2/c1-18-10-9(11(21)19(2)12(18)22)16-8(17-10)7-15-20(5-3-13)6-4-14/h7H,3-6H2,1-2H3,(H,16,17)/b15-7-. The van der Waals surface area contributed by atoms with E-state index in [4.69, 9.17) is 23.2 Å². The molecular weight excluding hydrogens is 331 g/mol. The number of aromatic nitrogens is 4. The number of rotatable bonds is 6. The number of hydrazone groups is 1. The van der Waals surface area contributed by atoms with Crippen LogP contribution in [-0.2, 0) is 14.1 Å². The van der Waals surface area contributed by atoms with E-state index in [0.29, 0.717) is 30.7 Å². The van der Waals surface area contributed by atoms with E-state index in [2.05, 4.69) is 15.1 Å². The highest BCUT2D eigenvalue weighted by atomic mass is 35.5. The summed E-state index contributed by atoms with van der Waals surface area (Å²) in [6, 6.07) is 0. The Balaban J connectivity index is 2.42. The summed E-state index contributed by atoms with van der Waals surface area (Å²) < 4.78 is 2.33. The van der Waals surface area contributed by atoms with Crippen LogP contribution in [-0.4, -0.2) is 55.2 Å². The molecule has 0 aliphatic rings. The zero-order valence-electron chi connectivity index (χ0n) is 12.2. The first-order valence-electron chi connectivity index (χ1n) is 6.56. The van der Waals surface area contributed by atoms with E-state index in [0.717, 1.165) is 4.57 Å². The molecule has 2 aromatic rings. The number of hydrogen-bond donors (Lipinski definition) is 1. The summed E-state index contributed by atoms with van der Waals surface area (Å²) >= 11 is 11.4. The fourth-order valence-electron chi connectivity index (χ4n) is 1.96. The average Bonchev–Trinajstić information content (AvgIpc) is 2.93. The Labute approximate surface area is 136 Å². The smallest absolute Gasteiger partial charge is 0.331 e. The summed E-state index contributed by atoms with van der Waals surface area (Å²) in [6.45, 7) is 1.09. The van der Waals surface area contributed by atoms with Gasteiger partial charge in [-0.1, -0.05) is 0 Å². The van der Waals surface area contributed by atoms with Crippen LogP contribution in [0.4, 0.5) is 0 Å². The molecule has 0 radical (unpaired) electrons. The molecule has 22 heavy (non-hydrogen) atoms. The highest BCUT2D eigenvalue weighted by Gasteiger charge is 2.12. The van der Waals surface area contributed by atoms with Gasteiger partial charge in [0.15, 0.2) is 11.5 Å². The van der Waals surface area contributed by atoms with E-state index in [-0.39, 0.29) is 11.2 Å². The Bertz CT molecular complexity index is 800. The maximum absolute atomic E-state index is 12.0. The molecule has 1 N–H and O–H groups in total. The lowest BCUT2D eigenvalue weighted by Crippen LogP contribution is -2.36. The number of fused-ring (bicyclic) bond motifs is 1. The second-order valence-electron chi connectivity index (χ2n) is 4.60. The molecule has 10 heteroatoms. The SMILES string of the molecule is Cn1c(=O)c2[nH]c(/C=N\N(CCCl)CCCl)nc2n(C)c1=O. The Morgan fingerprint density at radius 3 is 2.45 bits per heavy atom. The lowest BCUT2D eigenvalue weighted by molar-refractivity contribution is 0.327. The Morgan fingerprint density at radius 1 is 1.23 bits per heavy atom. The van der Waals surface area contributed by atoms with E-state index in [1.165, 1.54) is 17.8 Å². The second-order valence-corrected chi connectivity index (χ2v) is 5.36. The maximum Gasteiger partial charge on any atom is 0.332 e. The van der Waals surface area contributed by atoms with Crippen molar-refractivity contribution in [3.05, 3.63) is 26.7 Å². The van der Waals surface area contributed by atoms with Crippen LogP contribution in [0.25, 0.3) is 11.2 Å². The van der Waals surface area contributed by atoms with Crippen LogP contribution >= 0.6 is 23.2 Å². The van der Waals surface area contributed by atoms with Gasteiger partial charge < -0.3 is 4.98 Å². The minimum absolute atomic E-state index is 0.257. The second kappa shape index (κ2) is 6.97. The first-order chi connectivity index (χ1) is 10.5. The number of imidazole rings is 1. The van der Waals surface area contributed by atoms with Crippen LogP contribution < -0.4 is 11.2 Å². The lowest BCUT2D eigenvalue weighted by Gasteiger charge is -2.15. The van der Waals surface area contributed by atoms with Gasteiger partial charge in [0.1, 0.15) is 5.52 Å². The number of nitrogens with one attached hydrogen (secondary N) is 1. The van der Waals surface area contributed by atoms with Crippen molar-refractivity contribution < 1.29 is 0 Å². The van der Waals surface area contributed by atoms with Gasteiger partial charge in [-0.25, -0.2) is 9.78 Å². The van der Waals surface area contributed by atoms with Gasteiger partial charge in [0, 0.05) is 38.9 Å². The van der Waals surface area contributed by atoms with Gasteiger partial charge in [-0.3, -0.25) is 18.9 Å². The summed E-state index contributed by atoms with van der Waals surface area (Å²) in [5.41, 5.74) is -0.315. The van der Waals surface area contributed by atoms with Crippen molar-refractivity contribution in [3.8, 4) is 0 Å². The first kappa shape index (κ1) is 16.6.